The number of ether oxygens (including phenoxy) is 1. The van der Waals surface area contributed by atoms with Crippen LogP contribution in [0.4, 0.5) is 0 Å². The van der Waals surface area contributed by atoms with Gasteiger partial charge in [0.1, 0.15) is 12.1 Å². The van der Waals surface area contributed by atoms with Gasteiger partial charge in [-0.2, -0.15) is 10.1 Å². The van der Waals surface area contributed by atoms with Crippen LogP contribution >= 0.6 is 0 Å². The molecule has 3 aromatic rings. The third-order valence-corrected chi connectivity index (χ3v) is 5.47. The van der Waals surface area contributed by atoms with Gasteiger partial charge in [0.2, 0.25) is 0 Å². The number of piperidine rings is 1. The average Bonchev–Trinajstić information content (AvgIpc) is 3.15. The van der Waals surface area contributed by atoms with Crippen LogP contribution in [-0.4, -0.2) is 44.7 Å². The van der Waals surface area contributed by atoms with Crippen molar-refractivity contribution in [3.8, 4) is 5.75 Å². The summed E-state index contributed by atoms with van der Waals surface area (Å²) in [4.78, 5) is 11.3. The second-order valence-corrected chi connectivity index (χ2v) is 7.37. The largest absolute Gasteiger partial charge is 0.496 e. The highest BCUT2D eigenvalue weighted by atomic mass is 16.5. The van der Waals surface area contributed by atoms with Gasteiger partial charge in [-0.05, 0) is 56.0 Å². The molecule has 0 amide bonds. The van der Waals surface area contributed by atoms with Gasteiger partial charge in [0.05, 0.1) is 12.8 Å². The predicted octanol–water partition coefficient (Wildman–Crippen LogP) is 3.38. The number of rotatable bonds is 5. The summed E-state index contributed by atoms with van der Waals surface area (Å²) in [6, 6.07) is 8.78. The van der Waals surface area contributed by atoms with Crippen molar-refractivity contribution < 1.29 is 4.74 Å². The minimum atomic E-state index is 0.446. The van der Waals surface area contributed by atoms with Gasteiger partial charge in [-0.3, -0.25) is 4.90 Å². The second-order valence-electron chi connectivity index (χ2n) is 7.37. The Morgan fingerprint density at radius 1 is 1.26 bits per heavy atom. The summed E-state index contributed by atoms with van der Waals surface area (Å²) in [7, 11) is 1.75. The highest BCUT2D eigenvalue weighted by molar-refractivity contribution is 5.37. The monoisotopic (exact) mass is 365 g/mol. The number of hydrogen-bond donors (Lipinski definition) is 0. The van der Waals surface area contributed by atoms with Crippen molar-refractivity contribution in [1.82, 2.24) is 24.5 Å². The molecule has 0 spiro atoms. The van der Waals surface area contributed by atoms with E-state index >= 15 is 0 Å². The van der Waals surface area contributed by atoms with Gasteiger partial charge in [0.25, 0.3) is 5.78 Å². The molecule has 6 heteroatoms. The smallest absolute Gasteiger partial charge is 0.252 e. The van der Waals surface area contributed by atoms with Gasteiger partial charge >= 0.3 is 0 Å². The Bertz CT molecular complexity index is 935. The fourth-order valence-electron chi connectivity index (χ4n) is 4.13. The molecule has 3 heterocycles. The summed E-state index contributed by atoms with van der Waals surface area (Å²) in [5, 5.41) is 4.39. The standard InChI is InChI=1S/C21H27N5O/c1-4-17-8-7-16(11-20(17)27-3)12-25-9-5-6-18(13-25)19-10-15(2)24-21-22-14-23-26(19)21/h7-8,10-11,14,18H,4-6,9,12-13H2,1-3H3. The number of methoxy groups -OCH3 is 1. The van der Waals surface area contributed by atoms with E-state index in [9.17, 15) is 0 Å². The van der Waals surface area contributed by atoms with Crippen LogP contribution in [0.15, 0.2) is 30.6 Å². The highest BCUT2D eigenvalue weighted by Gasteiger charge is 2.24. The van der Waals surface area contributed by atoms with E-state index in [4.69, 9.17) is 4.74 Å². The topological polar surface area (TPSA) is 55.6 Å². The Kier molecular flexibility index (Phi) is 5.07. The van der Waals surface area contributed by atoms with Gasteiger partial charge in [-0.15, -0.1) is 0 Å². The molecule has 142 valence electrons. The van der Waals surface area contributed by atoms with E-state index in [1.807, 2.05) is 11.4 Å². The number of nitrogens with zero attached hydrogens (tertiary/aromatic N) is 5. The zero-order chi connectivity index (χ0) is 18.8. The van der Waals surface area contributed by atoms with Crippen LogP contribution in [0.25, 0.3) is 5.78 Å². The molecule has 1 unspecified atom stereocenters. The summed E-state index contributed by atoms with van der Waals surface area (Å²) in [5.74, 6) is 2.14. The molecule has 1 aliphatic rings. The first-order valence-electron chi connectivity index (χ1n) is 9.73. The lowest BCUT2D eigenvalue weighted by molar-refractivity contribution is 0.197. The molecular weight excluding hydrogens is 338 g/mol. The molecule has 0 aliphatic carbocycles. The maximum atomic E-state index is 5.56. The number of hydrogen-bond acceptors (Lipinski definition) is 5. The Hall–Kier alpha value is -2.47. The molecular formula is C21H27N5O. The highest BCUT2D eigenvalue weighted by Crippen LogP contribution is 2.29. The fourth-order valence-corrected chi connectivity index (χ4v) is 4.13. The first kappa shape index (κ1) is 17.9. The SMILES string of the molecule is CCc1ccc(CN2CCCC(c3cc(C)nc4ncnn34)C2)cc1OC. The van der Waals surface area contributed by atoms with E-state index < -0.39 is 0 Å². The van der Waals surface area contributed by atoms with Gasteiger partial charge in [0, 0.05) is 24.7 Å². The molecule has 0 saturated carbocycles. The van der Waals surface area contributed by atoms with Crippen LogP contribution in [0.1, 0.15) is 48.2 Å². The Morgan fingerprint density at radius 3 is 2.96 bits per heavy atom. The van der Waals surface area contributed by atoms with Crippen molar-refractivity contribution in [3.05, 3.63) is 53.1 Å². The third kappa shape index (κ3) is 3.67. The number of benzene rings is 1. The van der Waals surface area contributed by atoms with Crippen LogP contribution in [0.5, 0.6) is 5.75 Å². The third-order valence-electron chi connectivity index (χ3n) is 5.47. The maximum absolute atomic E-state index is 5.56. The van der Waals surface area contributed by atoms with Crippen LogP contribution in [0.3, 0.4) is 0 Å². The Morgan fingerprint density at radius 2 is 2.15 bits per heavy atom. The van der Waals surface area contributed by atoms with Gasteiger partial charge in [0.15, 0.2) is 0 Å². The lowest BCUT2D eigenvalue weighted by atomic mass is 9.93. The molecule has 1 aromatic carbocycles. The van der Waals surface area contributed by atoms with Gasteiger partial charge < -0.3 is 4.74 Å². The van der Waals surface area contributed by atoms with E-state index in [1.54, 1.807) is 13.4 Å². The number of aromatic nitrogens is 4. The Balaban J connectivity index is 1.54. The quantitative estimate of drug-likeness (QED) is 0.694. The lowest BCUT2D eigenvalue weighted by Crippen LogP contribution is -2.34. The van der Waals surface area contributed by atoms with Gasteiger partial charge in [-0.1, -0.05) is 19.1 Å². The zero-order valence-corrected chi connectivity index (χ0v) is 16.4. The molecule has 0 radical (unpaired) electrons. The molecule has 0 bridgehead atoms. The van der Waals surface area contributed by atoms with Crippen molar-refractivity contribution in [2.24, 2.45) is 0 Å². The summed E-state index contributed by atoms with van der Waals surface area (Å²) in [6.07, 6.45) is 4.94. The number of fused-ring (bicyclic) bond motifs is 1. The van der Waals surface area contributed by atoms with Crippen LogP contribution in [0.2, 0.25) is 0 Å². The normalized spacial score (nSPS) is 18.1. The van der Waals surface area contributed by atoms with Crippen LogP contribution < -0.4 is 4.74 Å². The second kappa shape index (κ2) is 7.64. The summed E-state index contributed by atoms with van der Waals surface area (Å²) >= 11 is 0. The summed E-state index contributed by atoms with van der Waals surface area (Å²) in [6.45, 7) is 7.28. The minimum absolute atomic E-state index is 0.446. The molecule has 1 atom stereocenters. The van der Waals surface area contributed by atoms with Crippen molar-refractivity contribution >= 4 is 5.78 Å². The number of aryl methyl sites for hydroxylation is 2. The molecule has 2 aromatic heterocycles. The molecule has 1 fully saturated rings. The number of likely N-dealkylation sites (tertiary alicyclic amines) is 1. The molecule has 6 nitrogen and oxygen atoms in total. The zero-order valence-electron chi connectivity index (χ0n) is 16.4. The minimum Gasteiger partial charge on any atom is -0.496 e. The van der Waals surface area contributed by atoms with Gasteiger partial charge in [-0.25, -0.2) is 9.50 Å². The molecule has 27 heavy (non-hydrogen) atoms. The first-order chi connectivity index (χ1) is 13.2. The maximum Gasteiger partial charge on any atom is 0.252 e. The molecule has 0 N–H and O–H groups in total. The predicted molar refractivity (Wildman–Crippen MR) is 105 cm³/mol. The molecule has 1 aliphatic heterocycles. The Labute approximate surface area is 160 Å². The summed E-state index contributed by atoms with van der Waals surface area (Å²) in [5.41, 5.74) is 4.79. The van der Waals surface area contributed by atoms with E-state index in [2.05, 4.69) is 51.2 Å². The van der Waals surface area contributed by atoms with E-state index in [0.717, 1.165) is 37.5 Å². The summed E-state index contributed by atoms with van der Waals surface area (Å²) < 4.78 is 7.47. The van der Waals surface area contributed by atoms with Crippen molar-refractivity contribution in [3.63, 3.8) is 0 Å². The van der Waals surface area contributed by atoms with E-state index in [0.29, 0.717) is 11.7 Å². The molecule has 4 rings (SSSR count). The fraction of sp³-hybridized carbons (Fsp3) is 0.476. The van der Waals surface area contributed by atoms with E-state index in [1.165, 1.54) is 29.7 Å². The first-order valence-corrected chi connectivity index (χ1v) is 9.73. The lowest BCUT2D eigenvalue weighted by Gasteiger charge is -2.33. The van der Waals surface area contributed by atoms with Crippen molar-refractivity contribution in [2.45, 2.75) is 45.6 Å². The van der Waals surface area contributed by atoms with Crippen LogP contribution in [0, 0.1) is 6.92 Å². The van der Waals surface area contributed by atoms with E-state index in [-0.39, 0.29) is 0 Å². The van der Waals surface area contributed by atoms with Crippen molar-refractivity contribution in [2.75, 3.05) is 20.2 Å². The van der Waals surface area contributed by atoms with Crippen LogP contribution in [-0.2, 0) is 13.0 Å². The molecule has 1 saturated heterocycles. The average molecular weight is 365 g/mol. The van der Waals surface area contributed by atoms with Crippen molar-refractivity contribution in [1.29, 1.82) is 0 Å².